The second-order valence-electron chi connectivity index (χ2n) is 7.83. The molecule has 3 rings (SSSR count). The van der Waals surface area contributed by atoms with Crippen LogP contribution >= 0.6 is 0 Å². The molecule has 1 aliphatic carbocycles. The van der Waals surface area contributed by atoms with Crippen molar-refractivity contribution in [1.29, 1.82) is 0 Å². The van der Waals surface area contributed by atoms with E-state index in [0.717, 1.165) is 25.1 Å². The summed E-state index contributed by atoms with van der Waals surface area (Å²) in [5.41, 5.74) is 1.46. The average Bonchev–Trinajstić information content (AvgIpc) is 3.31. The van der Waals surface area contributed by atoms with Gasteiger partial charge in [0.15, 0.2) is 0 Å². The van der Waals surface area contributed by atoms with Gasteiger partial charge in [-0.1, -0.05) is 27.2 Å². The number of carbonyl (C=O) groups is 2. The van der Waals surface area contributed by atoms with E-state index in [0.29, 0.717) is 37.0 Å². The molecule has 1 aliphatic heterocycles. The normalized spacial score (nSPS) is 21.8. The molecule has 138 valence electrons. The first-order valence-electron chi connectivity index (χ1n) is 9.62. The molecule has 6 heteroatoms. The highest BCUT2D eigenvalue weighted by molar-refractivity contribution is 5.93. The summed E-state index contributed by atoms with van der Waals surface area (Å²) in [6.45, 7) is 8.32. The first-order chi connectivity index (χ1) is 12.0. The molecule has 2 amide bonds. The number of hydrogen-bond donors (Lipinski definition) is 1. The summed E-state index contributed by atoms with van der Waals surface area (Å²) in [7, 11) is 0. The number of carbonyl (C=O) groups excluding carboxylic acids is 2. The maximum atomic E-state index is 12.9. The van der Waals surface area contributed by atoms with Crippen molar-refractivity contribution in [3.05, 3.63) is 17.5 Å². The van der Waals surface area contributed by atoms with Crippen molar-refractivity contribution in [2.75, 3.05) is 19.6 Å². The number of aryl methyl sites for hydroxylation is 1. The minimum Gasteiger partial charge on any atom is -0.337 e. The summed E-state index contributed by atoms with van der Waals surface area (Å²) in [6.07, 6.45) is 4.77. The molecule has 1 atom stereocenters. The van der Waals surface area contributed by atoms with Crippen molar-refractivity contribution in [1.82, 2.24) is 20.0 Å². The van der Waals surface area contributed by atoms with Crippen LogP contribution in [0.1, 0.15) is 62.6 Å². The molecule has 1 aromatic heterocycles. The van der Waals surface area contributed by atoms with Gasteiger partial charge in [-0.2, -0.15) is 5.10 Å². The molecule has 2 heterocycles. The summed E-state index contributed by atoms with van der Waals surface area (Å²) in [5, 5.41) is 7.15. The topological polar surface area (TPSA) is 69.3 Å². The molecule has 1 saturated carbocycles. The Hall–Kier alpha value is -1.85. The second-order valence-corrected chi connectivity index (χ2v) is 7.83. The van der Waals surface area contributed by atoms with E-state index in [-0.39, 0.29) is 17.9 Å². The highest BCUT2D eigenvalue weighted by atomic mass is 16.2. The van der Waals surface area contributed by atoms with Crippen molar-refractivity contribution in [3.63, 3.8) is 0 Å². The van der Waals surface area contributed by atoms with E-state index in [1.165, 1.54) is 12.8 Å². The first-order valence-corrected chi connectivity index (χ1v) is 9.62. The third-order valence-corrected chi connectivity index (χ3v) is 5.30. The lowest BCUT2D eigenvalue weighted by atomic mass is 10.0. The van der Waals surface area contributed by atoms with Crippen molar-refractivity contribution in [2.45, 2.75) is 58.9 Å². The number of H-pyrrole nitrogens is 1. The van der Waals surface area contributed by atoms with Gasteiger partial charge in [-0.3, -0.25) is 14.7 Å². The molecule has 0 unspecified atom stereocenters. The fourth-order valence-electron chi connectivity index (χ4n) is 3.58. The molecular weight excluding hydrogens is 316 g/mol. The zero-order valence-electron chi connectivity index (χ0n) is 15.6. The minimum absolute atomic E-state index is 0.0645. The molecule has 25 heavy (non-hydrogen) atoms. The van der Waals surface area contributed by atoms with E-state index in [9.17, 15) is 9.59 Å². The third kappa shape index (κ3) is 4.22. The van der Waals surface area contributed by atoms with Crippen molar-refractivity contribution in [2.24, 2.45) is 11.8 Å². The van der Waals surface area contributed by atoms with Crippen LogP contribution in [0.3, 0.4) is 0 Å². The summed E-state index contributed by atoms with van der Waals surface area (Å²) < 4.78 is 0. The van der Waals surface area contributed by atoms with Crippen LogP contribution < -0.4 is 0 Å². The second kappa shape index (κ2) is 7.58. The van der Waals surface area contributed by atoms with Gasteiger partial charge in [-0.25, -0.2) is 0 Å². The Morgan fingerprint density at radius 2 is 2.16 bits per heavy atom. The minimum atomic E-state index is -0.0645. The number of nitrogens with zero attached hydrogens (tertiary/aromatic N) is 3. The Bertz CT molecular complexity index is 621. The zero-order valence-corrected chi connectivity index (χ0v) is 15.6. The fraction of sp³-hybridized carbons (Fsp3) is 0.737. The predicted octanol–water partition coefficient (Wildman–Crippen LogP) is 2.47. The Morgan fingerprint density at radius 3 is 2.80 bits per heavy atom. The van der Waals surface area contributed by atoms with Crippen LogP contribution in [0.15, 0.2) is 6.07 Å². The lowest BCUT2D eigenvalue weighted by Gasteiger charge is -2.34. The maximum Gasteiger partial charge on any atom is 0.274 e. The maximum absolute atomic E-state index is 12.9. The number of hydrogen-bond acceptors (Lipinski definition) is 3. The number of aromatic amines is 1. The molecule has 1 saturated heterocycles. The van der Waals surface area contributed by atoms with Crippen LogP contribution in [0.5, 0.6) is 0 Å². The van der Waals surface area contributed by atoms with Crippen molar-refractivity contribution in [3.8, 4) is 0 Å². The molecular formula is C19H30N4O2. The van der Waals surface area contributed by atoms with Gasteiger partial charge in [0.25, 0.3) is 5.91 Å². The Labute approximate surface area is 149 Å². The SMILES string of the molecule is CCCc1cc(C(=O)N2CCC(=O)N(CC3CC3)[C@@H](C(C)C)C2)n[nH]1. The number of aromatic nitrogens is 2. The smallest absolute Gasteiger partial charge is 0.274 e. The molecule has 0 spiro atoms. The van der Waals surface area contributed by atoms with Gasteiger partial charge in [0.2, 0.25) is 5.91 Å². The van der Waals surface area contributed by atoms with E-state index in [1.54, 1.807) is 0 Å². The van der Waals surface area contributed by atoms with E-state index >= 15 is 0 Å². The lowest BCUT2D eigenvalue weighted by molar-refractivity contribution is -0.133. The Morgan fingerprint density at radius 1 is 1.40 bits per heavy atom. The molecule has 6 nitrogen and oxygen atoms in total. The summed E-state index contributed by atoms with van der Waals surface area (Å²) >= 11 is 0. The van der Waals surface area contributed by atoms with E-state index < -0.39 is 0 Å². The van der Waals surface area contributed by atoms with Gasteiger partial charge in [-0.05, 0) is 37.2 Å². The van der Waals surface area contributed by atoms with Gasteiger partial charge in [0.05, 0.1) is 6.04 Å². The zero-order chi connectivity index (χ0) is 18.0. The first kappa shape index (κ1) is 18.0. The van der Waals surface area contributed by atoms with E-state index in [4.69, 9.17) is 0 Å². The molecule has 0 radical (unpaired) electrons. The molecule has 0 aromatic carbocycles. The van der Waals surface area contributed by atoms with Gasteiger partial charge < -0.3 is 9.80 Å². The molecule has 1 N–H and O–H groups in total. The van der Waals surface area contributed by atoms with Gasteiger partial charge in [0.1, 0.15) is 5.69 Å². The standard InChI is InChI=1S/C19H30N4O2/c1-4-5-15-10-16(21-20-15)19(25)22-9-8-18(24)23(11-14-6-7-14)17(12-22)13(2)3/h10,13-14,17H,4-9,11-12H2,1-3H3,(H,20,21)/t17-/m1/s1. The summed E-state index contributed by atoms with van der Waals surface area (Å²) in [6, 6.07) is 1.94. The van der Waals surface area contributed by atoms with Gasteiger partial charge >= 0.3 is 0 Å². The highest BCUT2D eigenvalue weighted by Gasteiger charge is 2.37. The van der Waals surface area contributed by atoms with Gasteiger partial charge in [0, 0.05) is 31.7 Å². The van der Waals surface area contributed by atoms with Crippen molar-refractivity contribution < 1.29 is 9.59 Å². The van der Waals surface area contributed by atoms with Crippen LogP contribution in [-0.4, -0.2) is 57.5 Å². The summed E-state index contributed by atoms with van der Waals surface area (Å²) in [4.78, 5) is 29.4. The number of amides is 2. The molecule has 2 fully saturated rings. The molecule has 0 bridgehead atoms. The monoisotopic (exact) mass is 346 g/mol. The van der Waals surface area contributed by atoms with Crippen LogP contribution in [0.4, 0.5) is 0 Å². The molecule has 1 aromatic rings. The van der Waals surface area contributed by atoms with Crippen LogP contribution in [0, 0.1) is 11.8 Å². The number of rotatable bonds is 6. The van der Waals surface area contributed by atoms with E-state index in [1.807, 2.05) is 15.9 Å². The van der Waals surface area contributed by atoms with E-state index in [2.05, 4.69) is 31.0 Å². The van der Waals surface area contributed by atoms with Crippen molar-refractivity contribution >= 4 is 11.8 Å². The fourth-order valence-corrected chi connectivity index (χ4v) is 3.58. The largest absolute Gasteiger partial charge is 0.337 e. The quantitative estimate of drug-likeness (QED) is 0.860. The van der Waals surface area contributed by atoms with Crippen LogP contribution in [0.2, 0.25) is 0 Å². The Balaban J connectivity index is 1.74. The highest BCUT2D eigenvalue weighted by Crippen LogP contribution is 2.32. The Kier molecular flexibility index (Phi) is 5.45. The average molecular weight is 346 g/mol. The summed E-state index contributed by atoms with van der Waals surface area (Å²) in [5.74, 6) is 1.11. The lowest BCUT2D eigenvalue weighted by Crippen LogP contribution is -2.48. The van der Waals surface area contributed by atoms with Gasteiger partial charge in [-0.15, -0.1) is 0 Å². The number of nitrogens with one attached hydrogen (secondary N) is 1. The van der Waals surface area contributed by atoms with Crippen LogP contribution in [-0.2, 0) is 11.2 Å². The predicted molar refractivity (Wildman–Crippen MR) is 96.2 cm³/mol. The third-order valence-electron chi connectivity index (χ3n) is 5.30. The van der Waals surface area contributed by atoms with Crippen LogP contribution in [0.25, 0.3) is 0 Å². The molecule has 2 aliphatic rings.